The summed E-state index contributed by atoms with van der Waals surface area (Å²) in [5.41, 5.74) is 1.33. The number of benzene rings is 2. The Labute approximate surface area is 201 Å². The number of methoxy groups -OCH3 is 3. The van der Waals surface area contributed by atoms with E-state index in [2.05, 4.69) is 16.0 Å². The molecule has 1 atom stereocenters. The lowest BCUT2D eigenvalue weighted by molar-refractivity contribution is -0.121. The Morgan fingerprint density at radius 1 is 0.968 bits per heavy atom. The van der Waals surface area contributed by atoms with Crippen molar-refractivity contribution in [2.24, 2.45) is 0 Å². The summed E-state index contributed by atoms with van der Waals surface area (Å²) in [5.74, 6) is 1.41. The summed E-state index contributed by atoms with van der Waals surface area (Å²) in [7, 11) is 4.62. The molecule has 168 valence electrons. The van der Waals surface area contributed by atoms with Crippen molar-refractivity contribution in [3.63, 3.8) is 0 Å². The molecule has 7 nitrogen and oxygen atoms in total. The van der Waals surface area contributed by atoms with Crippen LogP contribution in [0.15, 0.2) is 42.5 Å². The molecule has 0 aliphatic heterocycles. The zero-order chi connectivity index (χ0) is 23.0. The number of ether oxygens (including phenoxy) is 3. The number of nitrogens with one attached hydrogen (secondary N) is 3. The van der Waals surface area contributed by atoms with Gasteiger partial charge in [-0.3, -0.25) is 4.79 Å². The lowest BCUT2D eigenvalue weighted by Gasteiger charge is -2.28. The van der Waals surface area contributed by atoms with E-state index in [1.807, 2.05) is 0 Å². The summed E-state index contributed by atoms with van der Waals surface area (Å²) in [6.45, 7) is 0. The first-order valence-corrected chi connectivity index (χ1v) is 10.5. The number of alkyl halides is 3. The van der Waals surface area contributed by atoms with Gasteiger partial charge < -0.3 is 30.2 Å². The van der Waals surface area contributed by atoms with Crippen molar-refractivity contribution >= 4 is 63.7 Å². The van der Waals surface area contributed by atoms with E-state index in [4.69, 9.17) is 61.2 Å². The number of thiocarbonyl (C=S) groups is 1. The van der Waals surface area contributed by atoms with Crippen LogP contribution in [0.3, 0.4) is 0 Å². The van der Waals surface area contributed by atoms with Crippen LogP contribution in [0.25, 0.3) is 0 Å². The quantitative estimate of drug-likeness (QED) is 0.283. The van der Waals surface area contributed by atoms with Crippen molar-refractivity contribution in [3.05, 3.63) is 48.0 Å². The van der Waals surface area contributed by atoms with E-state index >= 15 is 0 Å². The van der Waals surface area contributed by atoms with Gasteiger partial charge in [0.2, 0.25) is 9.70 Å². The van der Waals surface area contributed by atoms with Crippen LogP contribution in [0, 0.1) is 0 Å². The number of anilines is 1. The van der Waals surface area contributed by atoms with Crippen molar-refractivity contribution < 1.29 is 19.0 Å². The lowest BCUT2D eigenvalue weighted by Crippen LogP contribution is -2.56. The topological polar surface area (TPSA) is 80.9 Å². The Hall–Kier alpha value is -2.13. The molecule has 0 spiro atoms. The second kappa shape index (κ2) is 11.5. The van der Waals surface area contributed by atoms with E-state index in [1.54, 1.807) is 56.7 Å². The fraction of sp³-hybridized carbons (Fsp3) is 0.300. The highest BCUT2D eigenvalue weighted by atomic mass is 35.6. The molecule has 11 heteroatoms. The SMILES string of the molecule is COc1ccc(NC(=S)NC(NC(=O)Cc2ccc(OC)cc2OC)C(Cl)(Cl)Cl)cc1. The van der Waals surface area contributed by atoms with E-state index in [0.717, 1.165) is 0 Å². The van der Waals surface area contributed by atoms with Gasteiger partial charge in [0.1, 0.15) is 23.4 Å². The molecule has 2 rings (SSSR count). The largest absolute Gasteiger partial charge is 0.497 e. The number of carbonyl (C=O) groups is 1. The van der Waals surface area contributed by atoms with E-state index < -0.39 is 15.9 Å². The molecule has 31 heavy (non-hydrogen) atoms. The summed E-state index contributed by atoms with van der Waals surface area (Å²) in [6.07, 6.45) is -1.10. The zero-order valence-corrected chi connectivity index (χ0v) is 20.1. The zero-order valence-electron chi connectivity index (χ0n) is 17.0. The highest BCUT2D eigenvalue weighted by Crippen LogP contribution is 2.30. The van der Waals surface area contributed by atoms with Crippen LogP contribution < -0.4 is 30.2 Å². The van der Waals surface area contributed by atoms with Gasteiger partial charge in [-0.05, 0) is 42.5 Å². The summed E-state index contributed by atoms with van der Waals surface area (Å²) in [5, 5.41) is 8.56. The molecule has 0 radical (unpaired) electrons. The van der Waals surface area contributed by atoms with E-state index in [-0.39, 0.29) is 11.5 Å². The molecule has 0 aliphatic rings. The van der Waals surface area contributed by atoms with Gasteiger partial charge in [-0.1, -0.05) is 40.9 Å². The number of hydrogen-bond acceptors (Lipinski definition) is 5. The molecule has 3 N–H and O–H groups in total. The number of amides is 1. The lowest BCUT2D eigenvalue weighted by atomic mass is 10.1. The molecule has 2 aromatic carbocycles. The minimum Gasteiger partial charge on any atom is -0.497 e. The second-order valence-corrected chi connectivity index (χ2v) is 9.00. The van der Waals surface area contributed by atoms with Crippen LogP contribution in [0.2, 0.25) is 0 Å². The molecule has 0 aliphatic carbocycles. The maximum absolute atomic E-state index is 12.6. The molecule has 0 saturated carbocycles. The number of halogens is 3. The minimum absolute atomic E-state index is 0.00916. The minimum atomic E-state index is -1.87. The van der Waals surface area contributed by atoms with Gasteiger partial charge in [-0.25, -0.2) is 0 Å². The average Bonchev–Trinajstić information content (AvgIpc) is 2.73. The molecule has 0 heterocycles. The predicted octanol–water partition coefficient (Wildman–Crippen LogP) is 4.05. The molecular formula is C20H22Cl3N3O4S. The maximum atomic E-state index is 12.6. The van der Waals surface area contributed by atoms with Crippen LogP contribution in [-0.2, 0) is 11.2 Å². The molecule has 0 saturated heterocycles. The summed E-state index contributed by atoms with van der Waals surface area (Å²) in [6, 6.07) is 12.2. The monoisotopic (exact) mass is 505 g/mol. The third-order valence-corrected chi connectivity index (χ3v) is 4.98. The Bertz CT molecular complexity index is 908. The van der Waals surface area contributed by atoms with Crippen molar-refractivity contribution in [1.82, 2.24) is 10.6 Å². The Kier molecular flexibility index (Phi) is 9.31. The van der Waals surface area contributed by atoms with Crippen LogP contribution in [0.5, 0.6) is 17.2 Å². The summed E-state index contributed by atoms with van der Waals surface area (Å²) < 4.78 is 13.7. The van der Waals surface area contributed by atoms with E-state index in [9.17, 15) is 4.79 Å². The highest BCUT2D eigenvalue weighted by Gasteiger charge is 2.34. The van der Waals surface area contributed by atoms with Gasteiger partial charge in [0.15, 0.2) is 5.11 Å². The second-order valence-electron chi connectivity index (χ2n) is 6.22. The van der Waals surface area contributed by atoms with Crippen LogP contribution in [0.1, 0.15) is 5.56 Å². The Balaban J connectivity index is 2.03. The van der Waals surface area contributed by atoms with Gasteiger partial charge in [0.05, 0.1) is 27.8 Å². The van der Waals surface area contributed by atoms with Gasteiger partial charge in [-0.15, -0.1) is 0 Å². The summed E-state index contributed by atoms with van der Waals surface area (Å²) in [4.78, 5) is 12.6. The van der Waals surface area contributed by atoms with Crippen molar-refractivity contribution in [3.8, 4) is 17.2 Å². The number of rotatable bonds is 8. The highest BCUT2D eigenvalue weighted by molar-refractivity contribution is 7.80. The first kappa shape index (κ1) is 25.1. The standard InChI is InChI=1S/C20H22Cl3N3O4S/c1-28-14-8-5-13(6-9-14)24-19(31)26-18(20(21,22)23)25-17(27)10-12-4-7-15(29-2)11-16(12)30-3/h4-9,11,18H,10H2,1-3H3,(H,25,27)(H2,24,26,31). The molecule has 0 bridgehead atoms. The van der Waals surface area contributed by atoms with Gasteiger partial charge in [-0.2, -0.15) is 0 Å². The van der Waals surface area contributed by atoms with Crippen molar-refractivity contribution in [1.29, 1.82) is 0 Å². The smallest absolute Gasteiger partial charge is 0.228 e. The Morgan fingerprint density at radius 2 is 1.58 bits per heavy atom. The van der Waals surface area contributed by atoms with Gasteiger partial charge in [0, 0.05) is 17.3 Å². The Morgan fingerprint density at radius 3 is 2.13 bits per heavy atom. The third kappa shape index (κ3) is 7.81. The normalized spacial score (nSPS) is 11.8. The molecule has 1 amide bonds. The first-order chi connectivity index (χ1) is 14.7. The van der Waals surface area contributed by atoms with Crippen LogP contribution in [0.4, 0.5) is 5.69 Å². The molecule has 0 fully saturated rings. The van der Waals surface area contributed by atoms with Crippen molar-refractivity contribution in [2.45, 2.75) is 16.4 Å². The number of carbonyl (C=O) groups excluding carboxylic acids is 1. The summed E-state index contributed by atoms with van der Waals surface area (Å²) >= 11 is 23.4. The molecule has 2 aromatic rings. The number of hydrogen-bond donors (Lipinski definition) is 3. The van der Waals surface area contributed by atoms with E-state index in [0.29, 0.717) is 28.5 Å². The molecule has 0 aromatic heterocycles. The first-order valence-electron chi connectivity index (χ1n) is 8.94. The van der Waals surface area contributed by atoms with Crippen molar-refractivity contribution in [2.75, 3.05) is 26.6 Å². The molecular weight excluding hydrogens is 485 g/mol. The fourth-order valence-electron chi connectivity index (χ4n) is 2.56. The fourth-order valence-corrected chi connectivity index (χ4v) is 3.12. The van der Waals surface area contributed by atoms with Crippen LogP contribution in [-0.4, -0.2) is 42.3 Å². The van der Waals surface area contributed by atoms with Gasteiger partial charge in [0.25, 0.3) is 0 Å². The predicted molar refractivity (Wildman–Crippen MR) is 128 cm³/mol. The molecule has 1 unspecified atom stereocenters. The average molecular weight is 507 g/mol. The van der Waals surface area contributed by atoms with Crippen LogP contribution >= 0.6 is 47.0 Å². The van der Waals surface area contributed by atoms with Gasteiger partial charge >= 0.3 is 0 Å². The van der Waals surface area contributed by atoms with E-state index in [1.165, 1.54) is 7.11 Å². The maximum Gasteiger partial charge on any atom is 0.228 e. The third-order valence-electron chi connectivity index (χ3n) is 4.10.